The van der Waals surface area contributed by atoms with E-state index in [9.17, 15) is 0 Å². The van der Waals surface area contributed by atoms with E-state index in [-0.39, 0.29) is 6.61 Å². The van der Waals surface area contributed by atoms with Gasteiger partial charge in [-0.25, -0.2) is 0 Å². The summed E-state index contributed by atoms with van der Waals surface area (Å²) >= 11 is 3.48. The number of aliphatic hydroxyl groups excluding tert-OH is 1. The maximum atomic E-state index is 8.76. The monoisotopic (exact) mass is 324 g/mol. The van der Waals surface area contributed by atoms with Gasteiger partial charge in [-0.05, 0) is 37.1 Å². The topological polar surface area (TPSA) is 63.0 Å². The molecule has 0 amide bonds. The van der Waals surface area contributed by atoms with Crippen LogP contribution in [0.3, 0.4) is 0 Å². The molecular formula is C13H17BrN4O. The van der Waals surface area contributed by atoms with Crippen LogP contribution in [0.15, 0.2) is 28.9 Å². The third-order valence-electron chi connectivity index (χ3n) is 2.65. The molecule has 0 radical (unpaired) electrons. The smallest absolute Gasteiger partial charge is 0.102 e. The molecule has 2 N–H and O–H groups in total. The van der Waals surface area contributed by atoms with E-state index in [1.54, 1.807) is 4.68 Å². The Hall–Kier alpha value is -1.40. The molecule has 2 aromatic rings. The average molecular weight is 325 g/mol. The zero-order valence-electron chi connectivity index (χ0n) is 10.8. The number of aliphatic hydroxyl groups is 1. The lowest BCUT2D eigenvalue weighted by Gasteiger charge is -2.06. The summed E-state index contributed by atoms with van der Waals surface area (Å²) in [4.78, 5) is 0. The van der Waals surface area contributed by atoms with Crippen molar-refractivity contribution >= 4 is 21.6 Å². The van der Waals surface area contributed by atoms with Crippen molar-refractivity contribution in [1.82, 2.24) is 15.0 Å². The summed E-state index contributed by atoms with van der Waals surface area (Å²) < 4.78 is 2.81. The van der Waals surface area contributed by atoms with E-state index in [2.05, 4.69) is 50.6 Å². The van der Waals surface area contributed by atoms with Gasteiger partial charge in [0.2, 0.25) is 0 Å². The van der Waals surface area contributed by atoms with E-state index in [0.29, 0.717) is 19.5 Å². The van der Waals surface area contributed by atoms with Gasteiger partial charge in [-0.2, -0.15) is 0 Å². The second kappa shape index (κ2) is 6.68. The lowest BCUT2D eigenvalue weighted by molar-refractivity contribution is 0.276. The highest BCUT2D eigenvalue weighted by molar-refractivity contribution is 9.10. The molecule has 0 saturated heterocycles. The fraction of sp³-hybridized carbons (Fsp3) is 0.385. The quantitative estimate of drug-likeness (QED) is 0.856. The Morgan fingerprint density at radius 2 is 2.21 bits per heavy atom. The summed E-state index contributed by atoms with van der Waals surface area (Å²) in [6.45, 7) is 3.56. The standard InChI is InChI=1S/C13H17BrN4O/c1-10-5-11(14)7-12(6-10)15-8-13-9-18(17-16-13)3-2-4-19/h5-7,9,15,19H,2-4,8H2,1H3. The van der Waals surface area contributed by atoms with Crippen molar-refractivity contribution in [3.63, 3.8) is 0 Å². The van der Waals surface area contributed by atoms with Crippen molar-refractivity contribution in [2.75, 3.05) is 11.9 Å². The molecule has 0 aliphatic carbocycles. The van der Waals surface area contributed by atoms with Gasteiger partial charge in [0.15, 0.2) is 0 Å². The molecule has 102 valence electrons. The predicted molar refractivity (Wildman–Crippen MR) is 77.9 cm³/mol. The zero-order valence-corrected chi connectivity index (χ0v) is 12.4. The van der Waals surface area contributed by atoms with Crippen molar-refractivity contribution in [3.05, 3.63) is 40.1 Å². The van der Waals surface area contributed by atoms with Crippen LogP contribution in [0.1, 0.15) is 17.7 Å². The van der Waals surface area contributed by atoms with Crippen molar-refractivity contribution in [2.24, 2.45) is 0 Å². The molecule has 19 heavy (non-hydrogen) atoms. The van der Waals surface area contributed by atoms with E-state index < -0.39 is 0 Å². The molecule has 0 aliphatic heterocycles. The van der Waals surface area contributed by atoms with Gasteiger partial charge >= 0.3 is 0 Å². The number of nitrogens with zero attached hydrogens (tertiary/aromatic N) is 3. The maximum Gasteiger partial charge on any atom is 0.102 e. The van der Waals surface area contributed by atoms with Crippen LogP contribution in [0.2, 0.25) is 0 Å². The summed E-state index contributed by atoms with van der Waals surface area (Å²) in [5.74, 6) is 0. The van der Waals surface area contributed by atoms with Gasteiger partial charge in [0, 0.05) is 23.3 Å². The fourth-order valence-corrected chi connectivity index (χ4v) is 2.40. The van der Waals surface area contributed by atoms with Crippen LogP contribution >= 0.6 is 15.9 Å². The summed E-state index contributed by atoms with van der Waals surface area (Å²) in [6, 6.07) is 6.18. The zero-order chi connectivity index (χ0) is 13.7. The molecule has 0 atom stereocenters. The van der Waals surface area contributed by atoms with Crippen molar-refractivity contribution in [3.8, 4) is 0 Å². The Morgan fingerprint density at radius 3 is 2.95 bits per heavy atom. The number of benzene rings is 1. The average Bonchev–Trinajstić information content (AvgIpc) is 2.81. The van der Waals surface area contributed by atoms with Gasteiger partial charge in [0.25, 0.3) is 0 Å². The highest BCUT2D eigenvalue weighted by Crippen LogP contribution is 2.19. The predicted octanol–water partition coefficient (Wildman–Crippen LogP) is 2.34. The number of rotatable bonds is 6. The molecule has 0 bridgehead atoms. The third-order valence-corrected chi connectivity index (χ3v) is 3.11. The van der Waals surface area contributed by atoms with Crippen molar-refractivity contribution in [1.29, 1.82) is 0 Å². The molecule has 1 aromatic carbocycles. The van der Waals surface area contributed by atoms with E-state index in [0.717, 1.165) is 15.9 Å². The summed E-state index contributed by atoms with van der Waals surface area (Å²) in [5.41, 5.74) is 3.14. The number of nitrogens with one attached hydrogen (secondary N) is 1. The third kappa shape index (κ3) is 4.33. The lowest BCUT2D eigenvalue weighted by Crippen LogP contribution is -2.01. The number of hydrogen-bond donors (Lipinski definition) is 2. The number of anilines is 1. The molecule has 6 heteroatoms. The molecule has 0 spiro atoms. The van der Waals surface area contributed by atoms with Crippen molar-refractivity contribution < 1.29 is 5.11 Å². The second-order valence-electron chi connectivity index (χ2n) is 4.42. The lowest BCUT2D eigenvalue weighted by atomic mass is 10.2. The van der Waals surface area contributed by atoms with E-state index >= 15 is 0 Å². The van der Waals surface area contributed by atoms with Crippen LogP contribution in [-0.2, 0) is 13.1 Å². The highest BCUT2D eigenvalue weighted by atomic mass is 79.9. The first kappa shape index (κ1) is 14.0. The van der Waals surface area contributed by atoms with E-state index in [4.69, 9.17) is 5.11 Å². The fourth-order valence-electron chi connectivity index (χ4n) is 1.79. The van der Waals surface area contributed by atoms with Crippen LogP contribution in [0.25, 0.3) is 0 Å². The Balaban J connectivity index is 1.92. The number of aryl methyl sites for hydroxylation is 2. The minimum atomic E-state index is 0.171. The van der Waals surface area contributed by atoms with E-state index in [1.807, 2.05) is 12.3 Å². The molecule has 5 nitrogen and oxygen atoms in total. The SMILES string of the molecule is Cc1cc(Br)cc(NCc2cn(CCCO)nn2)c1. The first-order chi connectivity index (χ1) is 9.17. The number of halogens is 1. The van der Waals surface area contributed by atoms with Gasteiger partial charge in [0.1, 0.15) is 5.69 Å². The Kier molecular flexibility index (Phi) is 4.93. The maximum absolute atomic E-state index is 8.76. The van der Waals surface area contributed by atoms with Crippen molar-refractivity contribution in [2.45, 2.75) is 26.4 Å². The van der Waals surface area contributed by atoms with Crippen LogP contribution < -0.4 is 5.32 Å². The highest BCUT2D eigenvalue weighted by Gasteiger charge is 2.01. The molecule has 0 fully saturated rings. The van der Waals surface area contributed by atoms with Gasteiger partial charge in [-0.15, -0.1) is 5.10 Å². The molecule has 2 rings (SSSR count). The molecule has 0 saturated carbocycles. The molecule has 1 heterocycles. The van der Waals surface area contributed by atoms with Gasteiger partial charge in [0.05, 0.1) is 12.7 Å². The summed E-state index contributed by atoms with van der Waals surface area (Å²) in [7, 11) is 0. The normalized spacial score (nSPS) is 10.7. The van der Waals surface area contributed by atoms with Gasteiger partial charge in [-0.1, -0.05) is 21.1 Å². The van der Waals surface area contributed by atoms with Gasteiger partial charge < -0.3 is 10.4 Å². The minimum Gasteiger partial charge on any atom is -0.396 e. The summed E-state index contributed by atoms with van der Waals surface area (Å²) in [6.07, 6.45) is 2.59. The number of hydrogen-bond acceptors (Lipinski definition) is 4. The Morgan fingerprint density at radius 1 is 1.37 bits per heavy atom. The van der Waals surface area contributed by atoms with Crippen LogP contribution in [-0.4, -0.2) is 26.7 Å². The Bertz CT molecular complexity index is 521. The van der Waals surface area contributed by atoms with Crippen LogP contribution in [0, 0.1) is 6.92 Å². The van der Waals surface area contributed by atoms with Gasteiger partial charge in [-0.3, -0.25) is 4.68 Å². The largest absolute Gasteiger partial charge is 0.396 e. The Labute approximate surface area is 120 Å². The summed E-state index contributed by atoms with van der Waals surface area (Å²) in [5, 5.41) is 20.2. The second-order valence-corrected chi connectivity index (χ2v) is 5.34. The van der Waals surface area contributed by atoms with Crippen LogP contribution in [0.4, 0.5) is 5.69 Å². The molecular weight excluding hydrogens is 308 g/mol. The van der Waals surface area contributed by atoms with E-state index in [1.165, 1.54) is 5.56 Å². The molecule has 0 unspecified atom stereocenters. The number of aromatic nitrogens is 3. The molecule has 0 aliphatic rings. The molecule has 1 aromatic heterocycles. The van der Waals surface area contributed by atoms with Crippen LogP contribution in [0.5, 0.6) is 0 Å². The minimum absolute atomic E-state index is 0.171. The first-order valence-corrected chi connectivity index (χ1v) is 6.97. The first-order valence-electron chi connectivity index (χ1n) is 6.18.